The van der Waals surface area contributed by atoms with Crippen LogP contribution < -0.4 is 10.6 Å². The summed E-state index contributed by atoms with van der Waals surface area (Å²) in [6.45, 7) is 5.25. The lowest BCUT2D eigenvalue weighted by Crippen LogP contribution is -2.49. The van der Waals surface area contributed by atoms with Crippen LogP contribution in [0, 0.1) is 5.82 Å². The molecule has 1 fully saturated rings. The fourth-order valence-electron chi connectivity index (χ4n) is 2.92. The Kier molecular flexibility index (Phi) is 5.97. The number of amides is 1. The predicted octanol–water partition coefficient (Wildman–Crippen LogP) is 1.56. The number of benzene rings is 1. The van der Waals surface area contributed by atoms with E-state index in [-0.39, 0.29) is 23.2 Å². The lowest BCUT2D eigenvalue weighted by molar-refractivity contribution is -0.128. The van der Waals surface area contributed by atoms with E-state index in [4.69, 9.17) is 0 Å². The maximum atomic E-state index is 13.0. The standard InChI is InChI=1S/C17H22FN5O2S/c1-2-7-23-16(25)19-20-17(23)26-12-15(24)22-10-8-21(9-11-22)14-5-3-13(18)4-6-14/h3-6H,2,7-12H2,1H3,(H,19,25). The highest BCUT2D eigenvalue weighted by Crippen LogP contribution is 2.18. The normalized spacial score (nSPS) is 14.7. The van der Waals surface area contributed by atoms with Crippen molar-refractivity contribution in [1.82, 2.24) is 19.7 Å². The summed E-state index contributed by atoms with van der Waals surface area (Å²) in [5, 5.41) is 6.97. The van der Waals surface area contributed by atoms with Gasteiger partial charge in [-0.1, -0.05) is 18.7 Å². The van der Waals surface area contributed by atoms with Gasteiger partial charge in [-0.25, -0.2) is 14.3 Å². The molecule has 1 amide bonds. The second-order valence-corrected chi connectivity index (χ2v) is 7.04. The average molecular weight is 379 g/mol. The quantitative estimate of drug-likeness (QED) is 0.771. The number of carbonyl (C=O) groups excluding carboxylic acids is 1. The molecule has 3 rings (SSSR count). The maximum Gasteiger partial charge on any atom is 0.343 e. The Morgan fingerprint density at radius 2 is 1.92 bits per heavy atom. The van der Waals surface area contributed by atoms with E-state index in [1.165, 1.54) is 23.9 Å². The van der Waals surface area contributed by atoms with Crippen LogP contribution in [0.3, 0.4) is 0 Å². The second-order valence-electron chi connectivity index (χ2n) is 6.10. The molecule has 0 unspecified atom stereocenters. The van der Waals surface area contributed by atoms with Crippen LogP contribution in [-0.4, -0.2) is 57.5 Å². The third kappa shape index (κ3) is 4.27. The van der Waals surface area contributed by atoms with E-state index >= 15 is 0 Å². The summed E-state index contributed by atoms with van der Waals surface area (Å²) < 4.78 is 14.6. The number of aromatic nitrogens is 3. The maximum absolute atomic E-state index is 13.0. The van der Waals surface area contributed by atoms with E-state index in [1.807, 2.05) is 11.8 Å². The van der Waals surface area contributed by atoms with E-state index in [0.717, 1.165) is 12.1 Å². The number of nitrogens with zero attached hydrogens (tertiary/aromatic N) is 4. The third-order valence-electron chi connectivity index (χ3n) is 4.32. The van der Waals surface area contributed by atoms with E-state index in [1.54, 1.807) is 16.7 Å². The van der Waals surface area contributed by atoms with E-state index in [2.05, 4.69) is 15.1 Å². The fourth-order valence-corrected chi connectivity index (χ4v) is 3.79. The minimum Gasteiger partial charge on any atom is -0.368 e. The summed E-state index contributed by atoms with van der Waals surface area (Å²) in [6.07, 6.45) is 0.826. The molecule has 7 nitrogen and oxygen atoms in total. The van der Waals surface area contributed by atoms with Gasteiger partial charge < -0.3 is 9.80 Å². The Hall–Kier alpha value is -2.29. The van der Waals surface area contributed by atoms with Crippen molar-refractivity contribution in [2.24, 2.45) is 0 Å². The van der Waals surface area contributed by atoms with Gasteiger partial charge in [-0.3, -0.25) is 9.36 Å². The van der Waals surface area contributed by atoms with Crippen LogP contribution in [0.15, 0.2) is 34.2 Å². The summed E-state index contributed by atoms with van der Waals surface area (Å²) in [5.74, 6) is 0.0386. The van der Waals surface area contributed by atoms with Crippen LogP contribution in [-0.2, 0) is 11.3 Å². The van der Waals surface area contributed by atoms with E-state index < -0.39 is 0 Å². The molecular weight excluding hydrogens is 357 g/mol. The number of halogens is 1. The van der Waals surface area contributed by atoms with Gasteiger partial charge in [-0.2, -0.15) is 0 Å². The topological polar surface area (TPSA) is 74.2 Å². The van der Waals surface area contributed by atoms with Gasteiger partial charge in [0.25, 0.3) is 0 Å². The smallest absolute Gasteiger partial charge is 0.343 e. The summed E-state index contributed by atoms with van der Waals surface area (Å²) >= 11 is 1.28. The third-order valence-corrected chi connectivity index (χ3v) is 5.28. The minimum atomic E-state index is -0.250. The van der Waals surface area contributed by atoms with Gasteiger partial charge in [-0.15, -0.1) is 5.10 Å². The van der Waals surface area contributed by atoms with Crippen molar-refractivity contribution in [3.63, 3.8) is 0 Å². The van der Waals surface area contributed by atoms with E-state index in [9.17, 15) is 14.0 Å². The first kappa shape index (κ1) is 18.5. The van der Waals surface area contributed by atoms with Crippen molar-refractivity contribution in [3.05, 3.63) is 40.6 Å². The molecule has 1 aliphatic heterocycles. The second kappa shape index (κ2) is 8.39. The molecule has 140 valence electrons. The van der Waals surface area contributed by atoms with Gasteiger partial charge in [0.15, 0.2) is 5.16 Å². The molecule has 9 heteroatoms. The molecule has 0 atom stereocenters. The molecule has 2 aromatic rings. The summed E-state index contributed by atoms with van der Waals surface area (Å²) in [4.78, 5) is 28.1. The number of thioether (sulfide) groups is 1. The summed E-state index contributed by atoms with van der Waals surface area (Å²) in [5.41, 5.74) is 0.725. The fraction of sp³-hybridized carbons (Fsp3) is 0.471. The number of carbonyl (C=O) groups is 1. The van der Waals surface area contributed by atoms with Crippen LogP contribution in [0.5, 0.6) is 0 Å². The zero-order valence-electron chi connectivity index (χ0n) is 14.7. The van der Waals surface area contributed by atoms with Gasteiger partial charge in [0.1, 0.15) is 5.82 Å². The number of piperazine rings is 1. The molecule has 0 aliphatic carbocycles. The number of aromatic amines is 1. The molecule has 26 heavy (non-hydrogen) atoms. The summed E-state index contributed by atoms with van der Waals surface area (Å²) in [7, 11) is 0. The largest absolute Gasteiger partial charge is 0.368 e. The number of hydrogen-bond acceptors (Lipinski definition) is 5. The first-order chi connectivity index (χ1) is 12.6. The SMILES string of the molecule is CCCn1c(SCC(=O)N2CCN(c3ccc(F)cc3)CC2)n[nH]c1=O. The Balaban J connectivity index is 1.51. The van der Waals surface area contributed by atoms with Gasteiger partial charge in [0.05, 0.1) is 5.75 Å². The van der Waals surface area contributed by atoms with Crippen molar-refractivity contribution in [2.45, 2.75) is 25.0 Å². The van der Waals surface area contributed by atoms with Gasteiger partial charge in [0, 0.05) is 38.4 Å². The Labute approximate surface area is 155 Å². The highest BCUT2D eigenvalue weighted by molar-refractivity contribution is 7.99. The molecule has 2 heterocycles. The molecule has 1 saturated heterocycles. The molecule has 0 radical (unpaired) electrons. The number of hydrogen-bond donors (Lipinski definition) is 1. The summed E-state index contributed by atoms with van der Waals surface area (Å²) in [6, 6.07) is 6.41. The number of H-pyrrole nitrogens is 1. The zero-order valence-corrected chi connectivity index (χ0v) is 15.5. The minimum absolute atomic E-state index is 0.0345. The van der Waals surface area contributed by atoms with Crippen LogP contribution in [0.4, 0.5) is 10.1 Å². The van der Waals surface area contributed by atoms with Crippen molar-refractivity contribution in [2.75, 3.05) is 36.8 Å². The number of rotatable bonds is 6. The van der Waals surface area contributed by atoms with Crippen molar-refractivity contribution < 1.29 is 9.18 Å². The highest BCUT2D eigenvalue weighted by Gasteiger charge is 2.22. The van der Waals surface area contributed by atoms with E-state index in [0.29, 0.717) is 37.9 Å². The van der Waals surface area contributed by atoms with Crippen LogP contribution >= 0.6 is 11.8 Å². The van der Waals surface area contributed by atoms with Crippen molar-refractivity contribution in [1.29, 1.82) is 0 Å². The molecular formula is C17H22FN5O2S. The molecule has 1 aromatic carbocycles. The Morgan fingerprint density at radius 3 is 2.58 bits per heavy atom. The first-order valence-electron chi connectivity index (χ1n) is 8.64. The Bertz CT molecular complexity index is 796. The van der Waals surface area contributed by atoms with Crippen molar-refractivity contribution >= 4 is 23.4 Å². The predicted molar refractivity (Wildman–Crippen MR) is 99.1 cm³/mol. The van der Waals surface area contributed by atoms with Crippen molar-refractivity contribution in [3.8, 4) is 0 Å². The monoisotopic (exact) mass is 379 g/mol. The molecule has 1 N–H and O–H groups in total. The highest BCUT2D eigenvalue weighted by atomic mass is 32.2. The van der Waals surface area contributed by atoms with Crippen LogP contribution in [0.2, 0.25) is 0 Å². The lowest BCUT2D eigenvalue weighted by atomic mass is 10.2. The Morgan fingerprint density at radius 1 is 1.23 bits per heavy atom. The number of nitrogens with one attached hydrogen (secondary N) is 1. The van der Waals surface area contributed by atoms with Gasteiger partial charge in [0.2, 0.25) is 5.91 Å². The van der Waals surface area contributed by atoms with Gasteiger partial charge in [-0.05, 0) is 30.7 Å². The average Bonchev–Trinajstić information content (AvgIpc) is 3.01. The van der Waals surface area contributed by atoms with Crippen LogP contribution in [0.1, 0.15) is 13.3 Å². The number of anilines is 1. The molecule has 0 bridgehead atoms. The molecule has 0 saturated carbocycles. The van der Waals surface area contributed by atoms with Crippen LogP contribution in [0.25, 0.3) is 0 Å². The first-order valence-corrected chi connectivity index (χ1v) is 9.63. The molecule has 0 spiro atoms. The molecule has 1 aliphatic rings. The zero-order chi connectivity index (χ0) is 18.5. The van der Waals surface area contributed by atoms with Gasteiger partial charge >= 0.3 is 5.69 Å². The lowest BCUT2D eigenvalue weighted by Gasteiger charge is -2.36. The molecule has 1 aromatic heterocycles.